The van der Waals surface area contributed by atoms with Crippen LogP contribution in [0.15, 0.2) is 59.8 Å². The molecule has 0 unspecified atom stereocenters. The van der Waals surface area contributed by atoms with Crippen molar-refractivity contribution in [2.75, 3.05) is 18.8 Å². The molecule has 228 valence electrons. The van der Waals surface area contributed by atoms with Crippen LogP contribution in [0.2, 0.25) is 0 Å². The van der Waals surface area contributed by atoms with Gasteiger partial charge < -0.3 is 19.7 Å². The lowest BCUT2D eigenvalue weighted by atomic mass is 9.99. The van der Waals surface area contributed by atoms with Crippen molar-refractivity contribution in [3.8, 4) is 5.75 Å². The van der Waals surface area contributed by atoms with Gasteiger partial charge in [0.15, 0.2) is 5.16 Å². The zero-order valence-corrected chi connectivity index (χ0v) is 24.8. The molecule has 2 amide bonds. The molecule has 1 N–H and O–H groups in total. The Morgan fingerprint density at radius 2 is 1.74 bits per heavy atom. The van der Waals surface area contributed by atoms with E-state index < -0.39 is 23.6 Å². The number of likely N-dealkylation sites (tertiary alicyclic amines) is 1. The first-order valence-corrected chi connectivity index (χ1v) is 14.9. The summed E-state index contributed by atoms with van der Waals surface area (Å²) in [6, 6.07) is 14.7. The summed E-state index contributed by atoms with van der Waals surface area (Å²) in [6.07, 6.45) is -3.52. The number of para-hydroxylation sites is 2. The van der Waals surface area contributed by atoms with Crippen molar-refractivity contribution in [1.82, 2.24) is 24.8 Å². The standard InChI is InChI=1S/C30H32F3N5O4S/c1-29(2,3)42-28(40)37-14-12-19(13-15-37)18-43-27-35-23-10-6-4-8-21(23)24-16-20(36-38(24)27)17-34-26(39)22-9-5-7-11-25(22)41-30(31,32)33/h4-11,16,19H,12-15,17-18H2,1-3H3,(H,34,39). The van der Waals surface area contributed by atoms with Gasteiger partial charge in [-0.15, -0.1) is 13.2 Å². The molecule has 0 spiro atoms. The van der Waals surface area contributed by atoms with E-state index in [-0.39, 0.29) is 18.2 Å². The summed E-state index contributed by atoms with van der Waals surface area (Å²) in [4.78, 5) is 31.8. The minimum absolute atomic E-state index is 0.0115. The maximum Gasteiger partial charge on any atom is 0.573 e. The van der Waals surface area contributed by atoms with Crippen LogP contribution >= 0.6 is 11.8 Å². The molecule has 2 aromatic carbocycles. The zero-order chi connectivity index (χ0) is 30.8. The van der Waals surface area contributed by atoms with E-state index in [0.717, 1.165) is 41.1 Å². The molecule has 0 atom stereocenters. The third-order valence-electron chi connectivity index (χ3n) is 6.84. The number of thioether (sulfide) groups is 1. The molecular weight excluding hydrogens is 583 g/mol. The maximum atomic E-state index is 12.8. The van der Waals surface area contributed by atoms with Gasteiger partial charge in [0.1, 0.15) is 11.4 Å². The number of nitrogens with zero attached hydrogens (tertiary/aromatic N) is 4. The average molecular weight is 616 g/mol. The van der Waals surface area contributed by atoms with Crippen LogP contribution in [0.3, 0.4) is 0 Å². The first-order valence-electron chi connectivity index (χ1n) is 13.9. The number of nitrogens with one attached hydrogen (secondary N) is 1. The lowest BCUT2D eigenvalue weighted by molar-refractivity contribution is -0.274. The van der Waals surface area contributed by atoms with Crippen molar-refractivity contribution in [2.45, 2.75) is 57.3 Å². The highest BCUT2D eigenvalue weighted by Gasteiger charge is 2.33. The van der Waals surface area contributed by atoms with Crippen LogP contribution in [-0.4, -0.2) is 62.3 Å². The Hall–Kier alpha value is -4.00. The van der Waals surface area contributed by atoms with E-state index in [9.17, 15) is 22.8 Å². The van der Waals surface area contributed by atoms with Crippen molar-refractivity contribution in [2.24, 2.45) is 5.92 Å². The number of aromatic nitrogens is 3. The van der Waals surface area contributed by atoms with E-state index in [1.807, 2.05) is 51.1 Å². The van der Waals surface area contributed by atoms with Gasteiger partial charge in [-0.2, -0.15) is 5.10 Å². The van der Waals surface area contributed by atoms with Crippen molar-refractivity contribution < 1.29 is 32.2 Å². The number of carbonyl (C=O) groups is 2. The highest BCUT2D eigenvalue weighted by Crippen LogP contribution is 2.30. The molecule has 1 aliphatic rings. The Kier molecular flexibility index (Phi) is 8.72. The van der Waals surface area contributed by atoms with Crippen molar-refractivity contribution >= 4 is 40.2 Å². The fourth-order valence-electron chi connectivity index (χ4n) is 4.82. The van der Waals surface area contributed by atoms with Crippen LogP contribution in [0, 0.1) is 5.92 Å². The molecule has 0 radical (unpaired) electrons. The van der Waals surface area contributed by atoms with Crippen molar-refractivity contribution in [3.63, 3.8) is 0 Å². The van der Waals surface area contributed by atoms with E-state index in [4.69, 9.17) is 9.72 Å². The first kappa shape index (κ1) is 30.5. The number of rotatable bonds is 7. The Bertz CT molecular complexity index is 1630. The Morgan fingerprint density at radius 1 is 1.05 bits per heavy atom. The SMILES string of the molecule is CC(C)(C)OC(=O)N1CCC(CSc2nc3ccccc3c3cc(CNC(=O)c4ccccc4OC(F)(F)F)nn23)CC1. The second kappa shape index (κ2) is 12.3. The summed E-state index contributed by atoms with van der Waals surface area (Å²) in [5.41, 5.74) is 1.36. The van der Waals surface area contributed by atoms with Crippen LogP contribution in [0.5, 0.6) is 5.75 Å². The number of alkyl halides is 3. The van der Waals surface area contributed by atoms with Gasteiger partial charge in [0, 0.05) is 24.2 Å². The van der Waals surface area contributed by atoms with Gasteiger partial charge in [-0.05, 0) is 63.8 Å². The fourth-order valence-corrected chi connectivity index (χ4v) is 5.96. The monoisotopic (exact) mass is 615 g/mol. The summed E-state index contributed by atoms with van der Waals surface area (Å²) >= 11 is 1.58. The Labute approximate surface area is 250 Å². The largest absolute Gasteiger partial charge is 0.573 e. The zero-order valence-electron chi connectivity index (χ0n) is 24.0. The molecule has 1 saturated heterocycles. The second-order valence-electron chi connectivity index (χ2n) is 11.3. The molecule has 2 aromatic heterocycles. The van der Waals surface area contributed by atoms with E-state index in [2.05, 4.69) is 15.2 Å². The first-order chi connectivity index (χ1) is 20.4. The predicted octanol–water partition coefficient (Wildman–Crippen LogP) is 6.45. The lowest BCUT2D eigenvalue weighted by Gasteiger charge is -2.33. The lowest BCUT2D eigenvalue weighted by Crippen LogP contribution is -2.42. The minimum atomic E-state index is -4.92. The fraction of sp³-hybridized carbons (Fsp3) is 0.400. The quantitative estimate of drug-likeness (QED) is 0.189. The van der Waals surface area contributed by atoms with Crippen LogP contribution in [0.1, 0.15) is 49.7 Å². The van der Waals surface area contributed by atoms with E-state index in [1.165, 1.54) is 18.2 Å². The molecule has 9 nitrogen and oxygen atoms in total. The van der Waals surface area contributed by atoms with Gasteiger partial charge >= 0.3 is 12.5 Å². The minimum Gasteiger partial charge on any atom is -0.444 e. The Morgan fingerprint density at radius 3 is 2.47 bits per heavy atom. The number of amides is 2. The number of carbonyl (C=O) groups excluding carboxylic acids is 2. The summed E-state index contributed by atoms with van der Waals surface area (Å²) in [6.45, 7) is 6.81. The molecule has 0 aliphatic carbocycles. The molecule has 13 heteroatoms. The third-order valence-corrected chi connectivity index (χ3v) is 8.00. The molecular formula is C30H32F3N5O4S. The molecule has 1 aliphatic heterocycles. The van der Waals surface area contributed by atoms with E-state index >= 15 is 0 Å². The number of piperidine rings is 1. The number of benzene rings is 2. The average Bonchev–Trinajstić information content (AvgIpc) is 3.38. The number of halogens is 3. The number of fused-ring (bicyclic) bond motifs is 3. The smallest absolute Gasteiger partial charge is 0.444 e. The van der Waals surface area contributed by atoms with Gasteiger partial charge in [-0.3, -0.25) is 4.79 Å². The van der Waals surface area contributed by atoms with E-state index in [1.54, 1.807) is 21.2 Å². The van der Waals surface area contributed by atoms with Crippen LogP contribution < -0.4 is 10.1 Å². The normalized spacial score (nSPS) is 14.7. The summed E-state index contributed by atoms with van der Waals surface area (Å²) in [5.74, 6) is -0.134. The molecule has 0 bridgehead atoms. The molecule has 3 heterocycles. The summed E-state index contributed by atoms with van der Waals surface area (Å²) in [5, 5.41) is 8.90. The molecule has 0 saturated carbocycles. The van der Waals surface area contributed by atoms with Crippen molar-refractivity contribution in [3.05, 3.63) is 65.9 Å². The van der Waals surface area contributed by atoms with Crippen LogP contribution in [0.4, 0.5) is 18.0 Å². The third kappa shape index (κ3) is 7.70. The van der Waals surface area contributed by atoms with Gasteiger partial charge in [0.25, 0.3) is 5.91 Å². The maximum absolute atomic E-state index is 12.8. The number of hydrogen-bond acceptors (Lipinski definition) is 7. The van der Waals surface area contributed by atoms with Gasteiger partial charge in [-0.25, -0.2) is 14.3 Å². The van der Waals surface area contributed by atoms with Crippen LogP contribution in [0.25, 0.3) is 16.4 Å². The highest BCUT2D eigenvalue weighted by atomic mass is 32.2. The molecule has 5 rings (SSSR count). The number of ether oxygens (including phenoxy) is 2. The van der Waals surface area contributed by atoms with Gasteiger partial charge in [-0.1, -0.05) is 42.1 Å². The second-order valence-corrected chi connectivity index (χ2v) is 12.3. The highest BCUT2D eigenvalue weighted by molar-refractivity contribution is 7.99. The van der Waals surface area contributed by atoms with Crippen molar-refractivity contribution in [1.29, 1.82) is 0 Å². The predicted molar refractivity (Wildman–Crippen MR) is 156 cm³/mol. The van der Waals surface area contributed by atoms with E-state index in [0.29, 0.717) is 29.9 Å². The summed E-state index contributed by atoms with van der Waals surface area (Å²) < 4.78 is 49.7. The van der Waals surface area contributed by atoms with Gasteiger partial charge in [0.2, 0.25) is 0 Å². The number of hydrogen-bond donors (Lipinski definition) is 1. The molecule has 1 fully saturated rings. The topological polar surface area (TPSA) is 98.1 Å². The molecule has 4 aromatic rings. The van der Waals surface area contributed by atoms with Gasteiger partial charge in [0.05, 0.1) is 28.8 Å². The Balaban J connectivity index is 1.29. The summed E-state index contributed by atoms with van der Waals surface area (Å²) in [7, 11) is 0. The van der Waals surface area contributed by atoms with Crippen LogP contribution in [-0.2, 0) is 11.3 Å². The molecule has 43 heavy (non-hydrogen) atoms.